The van der Waals surface area contributed by atoms with Gasteiger partial charge in [0.15, 0.2) is 4.34 Å². The molecule has 7 heteroatoms. The Labute approximate surface area is 155 Å². The molecule has 1 aromatic heterocycles. The van der Waals surface area contributed by atoms with Crippen LogP contribution in [0.25, 0.3) is 0 Å². The molecule has 0 atom stereocenters. The van der Waals surface area contributed by atoms with Crippen molar-refractivity contribution in [3.63, 3.8) is 0 Å². The van der Waals surface area contributed by atoms with E-state index in [-0.39, 0.29) is 0 Å². The highest BCUT2D eigenvalue weighted by Gasteiger charge is 2.15. The van der Waals surface area contributed by atoms with Gasteiger partial charge in [-0.05, 0) is 50.2 Å². The van der Waals surface area contributed by atoms with Crippen molar-refractivity contribution >= 4 is 33.9 Å². The summed E-state index contributed by atoms with van der Waals surface area (Å²) in [5, 5.41) is 22.0. The first-order valence-corrected chi connectivity index (χ1v) is 9.57. The first kappa shape index (κ1) is 17.7. The number of aliphatic hydroxyl groups is 1. The molecule has 0 bridgehead atoms. The topological polar surface area (TPSA) is 67.3 Å². The van der Waals surface area contributed by atoms with E-state index < -0.39 is 5.60 Å². The Morgan fingerprint density at radius 1 is 1.04 bits per heavy atom. The van der Waals surface area contributed by atoms with Crippen LogP contribution >= 0.6 is 23.1 Å². The highest BCUT2D eigenvalue weighted by atomic mass is 32.2. The standard InChI is InChI=1S/C18H19N3O2S2/c1-18(2,22)12-24-17-21-20-16(25-17)19-13-8-10-15(11-9-13)23-14-6-4-3-5-7-14/h3-11,22H,12H2,1-2H3,(H,19,20). The van der Waals surface area contributed by atoms with Gasteiger partial charge in [-0.2, -0.15) is 0 Å². The minimum atomic E-state index is -0.724. The Morgan fingerprint density at radius 2 is 1.72 bits per heavy atom. The average molecular weight is 374 g/mol. The molecule has 0 aliphatic heterocycles. The minimum absolute atomic E-state index is 0.577. The van der Waals surface area contributed by atoms with Crippen LogP contribution in [0, 0.1) is 0 Å². The van der Waals surface area contributed by atoms with Crippen LogP contribution in [0.15, 0.2) is 58.9 Å². The molecule has 0 saturated heterocycles. The Balaban J connectivity index is 1.57. The van der Waals surface area contributed by atoms with Gasteiger partial charge in [0, 0.05) is 11.4 Å². The van der Waals surface area contributed by atoms with Gasteiger partial charge in [0.1, 0.15) is 11.5 Å². The number of hydrogen-bond donors (Lipinski definition) is 2. The second-order valence-corrected chi connectivity index (χ2v) is 8.24. The van der Waals surface area contributed by atoms with Crippen molar-refractivity contribution < 1.29 is 9.84 Å². The normalized spacial score (nSPS) is 11.3. The average Bonchev–Trinajstić information content (AvgIpc) is 3.03. The molecule has 0 aliphatic carbocycles. The number of hydrogen-bond acceptors (Lipinski definition) is 7. The highest BCUT2D eigenvalue weighted by Crippen LogP contribution is 2.30. The Morgan fingerprint density at radius 3 is 2.40 bits per heavy atom. The zero-order valence-electron chi connectivity index (χ0n) is 14.0. The fraction of sp³-hybridized carbons (Fsp3) is 0.222. The molecule has 0 spiro atoms. The maximum absolute atomic E-state index is 9.76. The quantitative estimate of drug-likeness (QED) is 0.572. The second-order valence-electron chi connectivity index (χ2n) is 6.04. The lowest BCUT2D eigenvalue weighted by Gasteiger charge is -2.14. The molecule has 25 heavy (non-hydrogen) atoms. The Hall–Kier alpha value is -2.09. The summed E-state index contributed by atoms with van der Waals surface area (Å²) < 4.78 is 6.60. The van der Waals surface area contributed by atoms with Crippen molar-refractivity contribution in [1.29, 1.82) is 0 Å². The Bertz CT molecular complexity index is 799. The van der Waals surface area contributed by atoms with Gasteiger partial charge in [-0.3, -0.25) is 0 Å². The fourth-order valence-corrected chi connectivity index (χ4v) is 3.63. The van der Waals surface area contributed by atoms with E-state index in [0.29, 0.717) is 5.75 Å². The Kier molecular flexibility index (Phi) is 5.57. The molecule has 1 heterocycles. The van der Waals surface area contributed by atoms with Crippen LogP contribution in [-0.2, 0) is 0 Å². The van der Waals surface area contributed by atoms with Gasteiger partial charge < -0.3 is 15.2 Å². The number of thioether (sulfide) groups is 1. The van der Waals surface area contributed by atoms with E-state index in [2.05, 4.69) is 15.5 Å². The molecule has 5 nitrogen and oxygen atoms in total. The number of ether oxygens (including phenoxy) is 1. The molecule has 0 aliphatic rings. The predicted octanol–water partition coefficient (Wildman–Crippen LogP) is 4.94. The number of nitrogens with one attached hydrogen (secondary N) is 1. The fourth-order valence-electron chi connectivity index (χ4n) is 1.91. The maximum atomic E-state index is 9.76. The van der Waals surface area contributed by atoms with Gasteiger partial charge in [-0.1, -0.05) is 41.3 Å². The summed E-state index contributed by atoms with van der Waals surface area (Å²) in [5.41, 5.74) is 0.189. The molecule has 0 amide bonds. The van der Waals surface area contributed by atoms with Crippen molar-refractivity contribution in [1.82, 2.24) is 10.2 Å². The highest BCUT2D eigenvalue weighted by molar-refractivity contribution is 8.01. The first-order valence-electron chi connectivity index (χ1n) is 7.77. The molecule has 2 N–H and O–H groups in total. The number of aromatic nitrogens is 2. The molecular weight excluding hydrogens is 354 g/mol. The van der Waals surface area contributed by atoms with Crippen molar-refractivity contribution in [2.45, 2.75) is 23.8 Å². The number of anilines is 2. The summed E-state index contributed by atoms with van der Waals surface area (Å²) >= 11 is 2.96. The summed E-state index contributed by atoms with van der Waals surface area (Å²) in [6.45, 7) is 3.55. The van der Waals surface area contributed by atoms with Crippen molar-refractivity contribution in [2.24, 2.45) is 0 Å². The van der Waals surface area contributed by atoms with Crippen molar-refractivity contribution in [2.75, 3.05) is 11.1 Å². The smallest absolute Gasteiger partial charge is 0.210 e. The summed E-state index contributed by atoms with van der Waals surface area (Å²) in [7, 11) is 0. The third-order valence-electron chi connectivity index (χ3n) is 3.04. The van der Waals surface area contributed by atoms with E-state index in [1.54, 1.807) is 13.8 Å². The number of benzene rings is 2. The number of rotatable bonds is 7. The molecule has 3 aromatic rings. The monoisotopic (exact) mass is 373 g/mol. The zero-order chi connectivity index (χ0) is 17.7. The van der Waals surface area contributed by atoms with E-state index in [0.717, 1.165) is 26.7 Å². The van der Waals surface area contributed by atoms with Crippen LogP contribution in [0.1, 0.15) is 13.8 Å². The lowest BCUT2D eigenvalue weighted by molar-refractivity contribution is 0.107. The summed E-state index contributed by atoms with van der Waals surface area (Å²) in [5.74, 6) is 2.16. The van der Waals surface area contributed by atoms with Crippen LogP contribution in [0.4, 0.5) is 10.8 Å². The van der Waals surface area contributed by atoms with Gasteiger partial charge in [0.25, 0.3) is 0 Å². The second kappa shape index (κ2) is 7.86. The van der Waals surface area contributed by atoms with E-state index in [1.807, 2.05) is 54.6 Å². The van der Waals surface area contributed by atoms with Crippen LogP contribution in [0.5, 0.6) is 11.5 Å². The predicted molar refractivity (Wildman–Crippen MR) is 103 cm³/mol. The number of para-hydroxylation sites is 1. The van der Waals surface area contributed by atoms with Crippen molar-refractivity contribution in [3.8, 4) is 11.5 Å². The molecule has 0 radical (unpaired) electrons. The minimum Gasteiger partial charge on any atom is -0.457 e. The molecule has 130 valence electrons. The number of nitrogens with zero attached hydrogens (tertiary/aromatic N) is 2. The van der Waals surface area contributed by atoms with Crippen LogP contribution in [-0.4, -0.2) is 26.7 Å². The van der Waals surface area contributed by atoms with E-state index >= 15 is 0 Å². The van der Waals surface area contributed by atoms with Crippen molar-refractivity contribution in [3.05, 3.63) is 54.6 Å². The van der Waals surface area contributed by atoms with E-state index in [9.17, 15) is 5.11 Å². The van der Waals surface area contributed by atoms with Gasteiger partial charge in [-0.25, -0.2) is 0 Å². The summed E-state index contributed by atoms with van der Waals surface area (Å²) in [6.07, 6.45) is 0. The SMILES string of the molecule is CC(C)(O)CSc1nnc(Nc2ccc(Oc3ccccc3)cc2)s1. The van der Waals surface area contributed by atoms with E-state index in [1.165, 1.54) is 23.1 Å². The van der Waals surface area contributed by atoms with Crippen LogP contribution < -0.4 is 10.1 Å². The molecular formula is C18H19N3O2S2. The maximum Gasteiger partial charge on any atom is 0.210 e. The summed E-state index contributed by atoms with van der Waals surface area (Å²) in [4.78, 5) is 0. The first-order chi connectivity index (χ1) is 12.0. The van der Waals surface area contributed by atoms with Crippen LogP contribution in [0.2, 0.25) is 0 Å². The summed E-state index contributed by atoms with van der Waals surface area (Å²) in [6, 6.07) is 17.3. The van der Waals surface area contributed by atoms with Crippen LogP contribution in [0.3, 0.4) is 0 Å². The van der Waals surface area contributed by atoms with Gasteiger partial charge in [0.2, 0.25) is 5.13 Å². The molecule has 2 aromatic carbocycles. The van der Waals surface area contributed by atoms with E-state index in [4.69, 9.17) is 4.74 Å². The third-order valence-corrected chi connectivity index (χ3v) is 5.46. The lowest BCUT2D eigenvalue weighted by atomic mass is 10.2. The molecule has 0 unspecified atom stereocenters. The third kappa shape index (κ3) is 5.74. The lowest BCUT2D eigenvalue weighted by Crippen LogP contribution is -2.21. The largest absolute Gasteiger partial charge is 0.457 e. The van der Waals surface area contributed by atoms with Gasteiger partial charge >= 0.3 is 0 Å². The molecule has 0 fully saturated rings. The van der Waals surface area contributed by atoms with Gasteiger partial charge in [0.05, 0.1) is 5.60 Å². The zero-order valence-corrected chi connectivity index (χ0v) is 15.6. The molecule has 3 rings (SSSR count). The molecule has 0 saturated carbocycles. The van der Waals surface area contributed by atoms with Gasteiger partial charge in [-0.15, -0.1) is 10.2 Å².